The second kappa shape index (κ2) is 2.71. The van der Waals surface area contributed by atoms with Gasteiger partial charge in [-0.3, -0.25) is 9.69 Å². The van der Waals surface area contributed by atoms with Crippen LogP contribution in [0.15, 0.2) is 42.6 Å². The number of hydrogen-bond acceptors (Lipinski definition) is 1. The molecule has 1 heterocycles. The summed E-state index contributed by atoms with van der Waals surface area (Å²) in [5, 5.41) is 0. The van der Waals surface area contributed by atoms with Crippen molar-refractivity contribution in [1.82, 2.24) is 0 Å². The molecule has 2 nitrogen and oxygen atoms in total. The van der Waals surface area contributed by atoms with E-state index in [1.165, 1.54) is 0 Å². The quantitative estimate of drug-likeness (QED) is 0.619. The van der Waals surface area contributed by atoms with Crippen LogP contribution in [0.4, 0.5) is 5.69 Å². The van der Waals surface area contributed by atoms with Crippen LogP contribution in [0.5, 0.6) is 0 Å². The first-order valence-electron chi connectivity index (χ1n) is 4.64. The van der Waals surface area contributed by atoms with E-state index < -0.39 is 5.41 Å². The van der Waals surface area contributed by atoms with Crippen molar-refractivity contribution < 1.29 is 4.79 Å². The Morgan fingerprint density at radius 3 is 2.29 bits per heavy atom. The fourth-order valence-electron chi connectivity index (χ4n) is 1.60. The summed E-state index contributed by atoms with van der Waals surface area (Å²) in [4.78, 5) is 13.4. The van der Waals surface area contributed by atoms with E-state index in [0.717, 1.165) is 11.4 Å². The van der Waals surface area contributed by atoms with Crippen molar-refractivity contribution in [3.63, 3.8) is 0 Å². The highest BCUT2D eigenvalue weighted by atomic mass is 16.2. The van der Waals surface area contributed by atoms with Gasteiger partial charge in [-0.25, -0.2) is 0 Å². The van der Waals surface area contributed by atoms with E-state index >= 15 is 0 Å². The van der Waals surface area contributed by atoms with E-state index in [4.69, 9.17) is 0 Å². The van der Waals surface area contributed by atoms with Crippen LogP contribution < -0.4 is 4.90 Å². The maximum Gasteiger partial charge on any atom is 0.242 e. The van der Waals surface area contributed by atoms with Crippen LogP contribution in [-0.4, -0.2) is 5.91 Å². The lowest BCUT2D eigenvalue weighted by Gasteiger charge is -2.46. The maximum atomic E-state index is 11.8. The van der Waals surface area contributed by atoms with Crippen LogP contribution in [0.1, 0.15) is 13.8 Å². The molecule has 1 fully saturated rings. The van der Waals surface area contributed by atoms with Gasteiger partial charge in [0.05, 0.1) is 5.41 Å². The molecule has 0 aliphatic carbocycles. The Labute approximate surface area is 83.8 Å². The highest BCUT2D eigenvalue weighted by molar-refractivity contribution is 6.10. The third-order valence-corrected chi connectivity index (χ3v) is 2.74. The molecule has 1 aliphatic heterocycles. The number of hydrogen-bond donors (Lipinski definition) is 0. The molecular formula is C12H13NO. The van der Waals surface area contributed by atoms with Gasteiger partial charge in [-0.2, -0.15) is 0 Å². The third kappa shape index (κ3) is 1.00. The Morgan fingerprint density at radius 2 is 1.79 bits per heavy atom. The maximum absolute atomic E-state index is 11.8. The molecule has 0 spiro atoms. The van der Waals surface area contributed by atoms with E-state index in [1.807, 2.05) is 44.2 Å². The summed E-state index contributed by atoms with van der Waals surface area (Å²) < 4.78 is 0. The summed E-state index contributed by atoms with van der Waals surface area (Å²) in [6, 6.07) is 9.60. The standard InChI is InChI=1S/C12H13NO/c1-9-12(2,3)11(14)13(9)10-7-5-4-6-8-10/h4-8H,1H2,2-3H3. The molecule has 0 radical (unpaired) electrons. The minimum Gasteiger partial charge on any atom is -0.284 e. The molecule has 0 atom stereocenters. The number of benzene rings is 1. The molecule has 1 aliphatic rings. The van der Waals surface area contributed by atoms with Crippen LogP contribution in [0.2, 0.25) is 0 Å². The van der Waals surface area contributed by atoms with Gasteiger partial charge in [-0.15, -0.1) is 0 Å². The Balaban J connectivity index is 2.33. The molecule has 0 bridgehead atoms. The van der Waals surface area contributed by atoms with E-state index in [0.29, 0.717) is 0 Å². The summed E-state index contributed by atoms with van der Waals surface area (Å²) in [5.74, 6) is 0.119. The summed E-state index contributed by atoms with van der Waals surface area (Å²) in [6.07, 6.45) is 0. The van der Waals surface area contributed by atoms with Gasteiger partial charge in [-0.05, 0) is 26.0 Å². The van der Waals surface area contributed by atoms with Crippen molar-refractivity contribution in [1.29, 1.82) is 0 Å². The average Bonchev–Trinajstić information content (AvgIpc) is 2.20. The zero-order chi connectivity index (χ0) is 10.3. The first-order chi connectivity index (χ1) is 6.55. The lowest BCUT2D eigenvalue weighted by atomic mass is 9.79. The minimum atomic E-state index is -0.393. The Morgan fingerprint density at radius 1 is 1.21 bits per heavy atom. The molecule has 1 amide bonds. The predicted octanol–water partition coefficient (Wildman–Crippen LogP) is 2.57. The number of rotatable bonds is 1. The molecule has 1 aromatic rings. The van der Waals surface area contributed by atoms with Crippen LogP contribution in [-0.2, 0) is 4.79 Å². The van der Waals surface area contributed by atoms with Crippen molar-refractivity contribution in [3.8, 4) is 0 Å². The average molecular weight is 187 g/mol. The molecule has 0 N–H and O–H groups in total. The predicted molar refractivity (Wildman–Crippen MR) is 56.8 cm³/mol. The number of carbonyl (C=O) groups excluding carboxylic acids is 1. The van der Waals surface area contributed by atoms with Crippen molar-refractivity contribution in [3.05, 3.63) is 42.6 Å². The largest absolute Gasteiger partial charge is 0.284 e. The normalized spacial score (nSPS) is 19.4. The lowest BCUT2D eigenvalue weighted by Crippen LogP contribution is -2.55. The van der Waals surface area contributed by atoms with Crippen LogP contribution in [0.3, 0.4) is 0 Å². The van der Waals surface area contributed by atoms with Crippen molar-refractivity contribution in [2.24, 2.45) is 5.41 Å². The van der Waals surface area contributed by atoms with E-state index in [9.17, 15) is 4.79 Å². The Bertz CT molecular complexity index is 374. The van der Waals surface area contributed by atoms with Gasteiger partial charge in [0, 0.05) is 11.4 Å². The number of β-lactam (4-membered cyclic amide) rings is 1. The number of amides is 1. The SMILES string of the molecule is C=C1N(c2ccccc2)C(=O)C1(C)C. The van der Waals surface area contributed by atoms with Crippen LogP contribution in [0.25, 0.3) is 0 Å². The molecule has 0 aromatic heterocycles. The van der Waals surface area contributed by atoms with Gasteiger partial charge in [-0.1, -0.05) is 24.8 Å². The smallest absolute Gasteiger partial charge is 0.242 e. The molecular weight excluding hydrogens is 174 g/mol. The fraction of sp³-hybridized carbons (Fsp3) is 0.250. The highest BCUT2D eigenvalue weighted by Crippen LogP contribution is 2.43. The van der Waals surface area contributed by atoms with Gasteiger partial charge in [0.1, 0.15) is 0 Å². The van der Waals surface area contributed by atoms with Crippen LogP contribution >= 0.6 is 0 Å². The molecule has 72 valence electrons. The number of carbonyl (C=O) groups is 1. The molecule has 1 saturated heterocycles. The summed E-state index contributed by atoms with van der Waals surface area (Å²) >= 11 is 0. The van der Waals surface area contributed by atoms with Gasteiger partial charge in [0.2, 0.25) is 5.91 Å². The summed E-state index contributed by atoms with van der Waals surface area (Å²) in [5.41, 5.74) is 1.38. The Kier molecular flexibility index (Phi) is 1.74. The molecule has 14 heavy (non-hydrogen) atoms. The number of anilines is 1. The first-order valence-corrected chi connectivity index (χ1v) is 4.64. The lowest BCUT2D eigenvalue weighted by molar-refractivity contribution is -0.129. The third-order valence-electron chi connectivity index (χ3n) is 2.74. The van der Waals surface area contributed by atoms with E-state index in [-0.39, 0.29) is 5.91 Å². The van der Waals surface area contributed by atoms with Gasteiger partial charge < -0.3 is 0 Å². The second-order valence-electron chi connectivity index (χ2n) is 4.05. The van der Waals surface area contributed by atoms with Crippen molar-refractivity contribution in [2.75, 3.05) is 4.90 Å². The molecule has 2 heteroatoms. The summed E-state index contributed by atoms with van der Waals surface area (Å²) in [7, 11) is 0. The first kappa shape index (κ1) is 9.00. The van der Waals surface area contributed by atoms with E-state index in [2.05, 4.69) is 6.58 Å². The Hall–Kier alpha value is -1.57. The molecule has 0 unspecified atom stereocenters. The van der Waals surface area contributed by atoms with Crippen LogP contribution in [0, 0.1) is 5.41 Å². The fourth-order valence-corrected chi connectivity index (χ4v) is 1.60. The number of para-hydroxylation sites is 1. The van der Waals surface area contributed by atoms with Gasteiger partial charge in [0.15, 0.2) is 0 Å². The van der Waals surface area contributed by atoms with E-state index in [1.54, 1.807) is 4.90 Å². The van der Waals surface area contributed by atoms with Gasteiger partial charge in [0.25, 0.3) is 0 Å². The van der Waals surface area contributed by atoms with Crippen molar-refractivity contribution in [2.45, 2.75) is 13.8 Å². The highest BCUT2D eigenvalue weighted by Gasteiger charge is 2.49. The molecule has 2 rings (SSSR count). The zero-order valence-corrected chi connectivity index (χ0v) is 8.45. The molecule has 0 saturated carbocycles. The molecule has 1 aromatic carbocycles. The minimum absolute atomic E-state index is 0.119. The number of nitrogens with zero attached hydrogens (tertiary/aromatic N) is 1. The zero-order valence-electron chi connectivity index (χ0n) is 8.45. The topological polar surface area (TPSA) is 20.3 Å². The second-order valence-corrected chi connectivity index (χ2v) is 4.05. The summed E-state index contributed by atoms with van der Waals surface area (Å²) in [6.45, 7) is 7.73. The monoisotopic (exact) mass is 187 g/mol. The van der Waals surface area contributed by atoms with Crippen molar-refractivity contribution >= 4 is 11.6 Å². The van der Waals surface area contributed by atoms with Gasteiger partial charge >= 0.3 is 0 Å².